The average molecular weight is 612 g/mol. The van der Waals surface area contributed by atoms with Gasteiger partial charge in [-0.2, -0.15) is 5.10 Å². The predicted molar refractivity (Wildman–Crippen MR) is 120 cm³/mol. The van der Waals surface area contributed by atoms with E-state index in [1.54, 1.807) is 70.3 Å². The predicted octanol–water partition coefficient (Wildman–Crippen LogP) is 2.74. The van der Waals surface area contributed by atoms with Gasteiger partial charge in [0.25, 0.3) is 5.56 Å². The van der Waals surface area contributed by atoms with Crippen LogP contribution in [0.3, 0.4) is 0 Å². The van der Waals surface area contributed by atoms with Crippen LogP contribution in [0.1, 0.15) is 18.2 Å². The zero-order chi connectivity index (χ0) is 20.7. The van der Waals surface area contributed by atoms with Crippen LogP contribution in [-0.4, -0.2) is 36.0 Å². The highest BCUT2D eigenvalue weighted by atomic mass is 127. The molecule has 0 aliphatic heterocycles. The first-order valence-corrected chi connectivity index (χ1v) is 10.0. The molecule has 0 amide bonds. The van der Waals surface area contributed by atoms with E-state index in [-0.39, 0.29) is 24.7 Å². The fourth-order valence-electron chi connectivity index (χ4n) is 2.04. The summed E-state index contributed by atoms with van der Waals surface area (Å²) in [7, 11) is 0. The first-order chi connectivity index (χ1) is 13.2. The number of ether oxygens (including phenoxy) is 1. The van der Waals surface area contributed by atoms with Gasteiger partial charge in [-0.05, 0) is 76.5 Å². The monoisotopic (exact) mass is 612 g/mol. The van der Waals surface area contributed by atoms with Gasteiger partial charge in [0.15, 0.2) is 0 Å². The van der Waals surface area contributed by atoms with Gasteiger partial charge in [0.2, 0.25) is 14.1 Å². The minimum Gasteiger partial charge on any atom is -0.458 e. The number of alkyl halides is 3. The molecular weight excluding hydrogens is 595 g/mol. The molecule has 28 heavy (non-hydrogen) atoms. The number of hydrogen-bond donors (Lipinski definition) is 1. The number of allylic oxidation sites excluding steroid dienone is 1. The van der Waals surface area contributed by atoms with Gasteiger partial charge >= 0.3 is 6.02 Å². The van der Waals surface area contributed by atoms with E-state index < -0.39 is 1.68 Å². The number of nitrogens with zero attached hydrogens (tertiary/aromatic N) is 5. The van der Waals surface area contributed by atoms with E-state index in [0.717, 1.165) is 4.73 Å². The van der Waals surface area contributed by atoms with Crippen LogP contribution in [0.15, 0.2) is 57.6 Å². The number of amidine groups is 1. The molecule has 0 fully saturated rings. The molecule has 2 aromatic rings. The summed E-state index contributed by atoms with van der Waals surface area (Å²) >= 11 is 3.20. The molecule has 0 unspecified atom stereocenters. The molecule has 0 bridgehead atoms. The van der Waals surface area contributed by atoms with Crippen molar-refractivity contribution in [1.29, 1.82) is 0 Å². The molecule has 0 radical (unpaired) electrons. The second kappa shape index (κ2) is 10.0. The van der Waals surface area contributed by atoms with Crippen molar-refractivity contribution in [2.75, 3.05) is 6.61 Å². The number of hydrogen-bond acceptors (Lipinski definition) is 5. The third-order valence-corrected chi connectivity index (χ3v) is 3.94. The van der Waals surface area contributed by atoms with Crippen LogP contribution in [0.25, 0.3) is 5.57 Å². The van der Waals surface area contributed by atoms with Crippen LogP contribution in [0.5, 0.6) is 0 Å². The lowest BCUT2D eigenvalue weighted by atomic mass is 10.2. The standard InChI is InChI=1S/C17H17FI2N5O3/c1-12(8-22-16(21-2)28-11-17(18,19)20)14-5-6-15(26)25(23-14)10-13-4-3-7-24(27)9-13/h3-9,27H,2,10-11H2,1H3/q+1/b12-8+,22-16+. The Kier molecular flexibility index (Phi) is 8.03. The van der Waals surface area contributed by atoms with E-state index in [4.69, 9.17) is 4.74 Å². The second-order valence-corrected chi connectivity index (χ2v) is 11.1. The van der Waals surface area contributed by atoms with Gasteiger partial charge in [-0.3, -0.25) is 10.0 Å². The van der Waals surface area contributed by atoms with Crippen molar-refractivity contribution in [2.24, 2.45) is 9.98 Å². The lowest BCUT2D eigenvalue weighted by Gasteiger charge is -2.10. The number of pyridine rings is 1. The lowest BCUT2D eigenvalue weighted by Crippen LogP contribution is -2.30. The summed E-state index contributed by atoms with van der Waals surface area (Å²) in [5.74, 6) is 0. The van der Waals surface area contributed by atoms with E-state index in [0.29, 0.717) is 16.8 Å². The molecule has 0 aliphatic rings. The molecule has 148 valence electrons. The fourth-order valence-corrected chi connectivity index (χ4v) is 2.35. The Bertz CT molecular complexity index is 970. The van der Waals surface area contributed by atoms with Crippen LogP contribution >= 0.6 is 45.2 Å². The van der Waals surface area contributed by atoms with Crippen LogP contribution in [0, 0.1) is 0 Å². The van der Waals surface area contributed by atoms with Crippen molar-refractivity contribution in [3.05, 3.63) is 64.5 Å². The topological polar surface area (TPSA) is 93.0 Å². The highest BCUT2D eigenvalue weighted by Crippen LogP contribution is 2.29. The smallest absolute Gasteiger partial charge is 0.315 e. The average Bonchev–Trinajstić information content (AvgIpc) is 2.62. The van der Waals surface area contributed by atoms with E-state index >= 15 is 0 Å². The summed E-state index contributed by atoms with van der Waals surface area (Å²) in [6.45, 7) is 5.06. The maximum absolute atomic E-state index is 13.5. The number of aromatic nitrogens is 3. The summed E-state index contributed by atoms with van der Waals surface area (Å²) in [5.41, 5.74) is 1.57. The van der Waals surface area contributed by atoms with Crippen molar-refractivity contribution in [2.45, 2.75) is 15.2 Å². The third kappa shape index (κ3) is 7.26. The molecule has 0 saturated carbocycles. The van der Waals surface area contributed by atoms with E-state index in [1.807, 2.05) is 0 Å². The SMILES string of the molecule is C=N/C(=N\C=C(/C)c1ccc(=O)n(Cc2ccc[n+](O)c2)n1)OCC(F)(I)I. The van der Waals surface area contributed by atoms with E-state index in [9.17, 15) is 14.4 Å². The molecule has 8 nitrogen and oxygen atoms in total. The van der Waals surface area contributed by atoms with Crippen LogP contribution in [-0.2, 0) is 11.3 Å². The molecular formula is C17H17FI2N5O3+. The number of halogens is 3. The normalized spacial score (nSPS) is 12.7. The summed E-state index contributed by atoms with van der Waals surface area (Å²) in [5, 5.41) is 13.8. The van der Waals surface area contributed by atoms with Gasteiger partial charge < -0.3 is 4.74 Å². The van der Waals surface area contributed by atoms with Gasteiger partial charge in [-0.1, -0.05) is 0 Å². The molecule has 11 heteroatoms. The summed E-state index contributed by atoms with van der Waals surface area (Å²) in [4.78, 5) is 19.7. The molecule has 2 aromatic heterocycles. The minimum absolute atomic E-state index is 0.0696. The first-order valence-electron chi connectivity index (χ1n) is 7.87. The van der Waals surface area contributed by atoms with E-state index in [2.05, 4.69) is 21.8 Å². The van der Waals surface area contributed by atoms with Crippen molar-refractivity contribution in [3.8, 4) is 0 Å². The maximum atomic E-state index is 13.5. The first kappa shape index (κ1) is 22.4. The zero-order valence-corrected chi connectivity index (χ0v) is 19.1. The molecule has 0 aliphatic carbocycles. The molecule has 2 rings (SSSR count). The molecule has 0 aromatic carbocycles. The van der Waals surface area contributed by atoms with Crippen molar-refractivity contribution >= 4 is 63.5 Å². The second-order valence-electron chi connectivity index (χ2n) is 5.59. The number of rotatable bonds is 6. The molecule has 0 saturated heterocycles. The lowest BCUT2D eigenvalue weighted by molar-refractivity contribution is -0.905. The van der Waals surface area contributed by atoms with Crippen molar-refractivity contribution in [1.82, 2.24) is 9.78 Å². The molecule has 1 N–H and O–H groups in total. The van der Waals surface area contributed by atoms with Gasteiger partial charge in [0.1, 0.15) is 6.61 Å². The third-order valence-electron chi connectivity index (χ3n) is 3.32. The van der Waals surface area contributed by atoms with Crippen molar-refractivity contribution < 1.29 is 19.1 Å². The fraction of sp³-hybridized carbons (Fsp3) is 0.235. The Balaban J connectivity index is 2.22. The van der Waals surface area contributed by atoms with Crippen molar-refractivity contribution in [3.63, 3.8) is 0 Å². The van der Waals surface area contributed by atoms with Gasteiger partial charge in [0.05, 0.1) is 12.2 Å². The quantitative estimate of drug-likeness (QED) is 0.136. The highest BCUT2D eigenvalue weighted by molar-refractivity contribution is 14.2. The van der Waals surface area contributed by atoms with Crippen LogP contribution in [0.2, 0.25) is 0 Å². The van der Waals surface area contributed by atoms with E-state index in [1.165, 1.54) is 29.3 Å². The Labute approximate surface area is 187 Å². The molecule has 0 atom stereocenters. The molecule has 0 spiro atoms. The number of aliphatic imine (C=N–C) groups is 2. The van der Waals surface area contributed by atoms with Crippen LogP contribution in [0.4, 0.5) is 4.39 Å². The van der Waals surface area contributed by atoms with Gasteiger partial charge in [-0.15, -0.1) is 0 Å². The Morgan fingerprint density at radius 1 is 1.50 bits per heavy atom. The summed E-state index contributed by atoms with van der Waals surface area (Å²) in [6, 6.07) is 6.32. The summed E-state index contributed by atoms with van der Waals surface area (Å²) in [6.07, 6.45) is 4.40. The Morgan fingerprint density at radius 3 is 2.89 bits per heavy atom. The Hall–Kier alpha value is -1.90. The zero-order valence-electron chi connectivity index (χ0n) is 14.8. The maximum Gasteiger partial charge on any atom is 0.315 e. The van der Waals surface area contributed by atoms with Gasteiger partial charge in [-0.25, -0.2) is 19.1 Å². The van der Waals surface area contributed by atoms with Crippen LogP contribution < -0.4 is 10.3 Å². The highest BCUT2D eigenvalue weighted by Gasteiger charge is 2.22. The largest absolute Gasteiger partial charge is 0.458 e. The van der Waals surface area contributed by atoms with Gasteiger partial charge in [0, 0.05) is 28.6 Å². The minimum atomic E-state index is -1.58. The molecule has 2 heterocycles. The Morgan fingerprint density at radius 2 is 2.25 bits per heavy atom. The summed E-state index contributed by atoms with van der Waals surface area (Å²) < 4.78 is 19.3.